The Kier molecular flexibility index (Phi) is 8.88. The van der Waals surface area contributed by atoms with E-state index in [1.165, 1.54) is 30.4 Å². The molecule has 1 N–H and O–H groups in total. The Bertz CT molecular complexity index is 422. The lowest BCUT2D eigenvalue weighted by Gasteiger charge is -2.15. The zero-order chi connectivity index (χ0) is 16.4. The van der Waals surface area contributed by atoms with Crippen LogP contribution in [-0.4, -0.2) is 12.5 Å². The molecule has 1 aromatic rings. The van der Waals surface area contributed by atoms with Gasteiger partial charge in [0.1, 0.15) is 0 Å². The van der Waals surface area contributed by atoms with Gasteiger partial charge in [-0.25, -0.2) is 0 Å². The summed E-state index contributed by atoms with van der Waals surface area (Å²) in [5.41, 5.74) is 2.60. The van der Waals surface area contributed by atoms with E-state index in [0.717, 1.165) is 19.4 Å². The molecule has 22 heavy (non-hydrogen) atoms. The SMILES string of the molecule is CCCC[C@H](CC)CNC(=O)CCc1ccc(C(C)C)cc1. The highest BCUT2D eigenvalue weighted by Crippen LogP contribution is 2.15. The van der Waals surface area contributed by atoms with Crippen molar-refractivity contribution in [1.29, 1.82) is 0 Å². The van der Waals surface area contributed by atoms with Crippen LogP contribution in [0.25, 0.3) is 0 Å². The number of unbranched alkanes of at least 4 members (excludes halogenated alkanes) is 1. The van der Waals surface area contributed by atoms with Gasteiger partial charge in [0.15, 0.2) is 0 Å². The molecule has 0 unspecified atom stereocenters. The highest BCUT2D eigenvalue weighted by Gasteiger charge is 2.08. The van der Waals surface area contributed by atoms with E-state index in [2.05, 4.69) is 57.3 Å². The molecule has 0 heterocycles. The molecule has 0 bridgehead atoms. The largest absolute Gasteiger partial charge is 0.356 e. The molecule has 0 saturated heterocycles. The van der Waals surface area contributed by atoms with Crippen LogP contribution in [0.3, 0.4) is 0 Å². The third-order valence-corrected chi connectivity index (χ3v) is 4.42. The lowest BCUT2D eigenvalue weighted by molar-refractivity contribution is -0.121. The second-order valence-corrected chi connectivity index (χ2v) is 6.62. The van der Waals surface area contributed by atoms with Crippen molar-refractivity contribution in [3.05, 3.63) is 35.4 Å². The van der Waals surface area contributed by atoms with Gasteiger partial charge in [0.05, 0.1) is 0 Å². The zero-order valence-corrected chi connectivity index (χ0v) is 14.8. The van der Waals surface area contributed by atoms with E-state index < -0.39 is 0 Å². The van der Waals surface area contributed by atoms with Crippen molar-refractivity contribution in [2.24, 2.45) is 5.92 Å². The summed E-state index contributed by atoms with van der Waals surface area (Å²) in [7, 11) is 0. The Labute approximate surface area is 136 Å². The number of hydrogen-bond acceptors (Lipinski definition) is 1. The highest BCUT2D eigenvalue weighted by molar-refractivity contribution is 5.76. The summed E-state index contributed by atoms with van der Waals surface area (Å²) in [5, 5.41) is 3.10. The Morgan fingerprint density at radius 3 is 2.36 bits per heavy atom. The Hall–Kier alpha value is -1.31. The normalized spacial score (nSPS) is 12.4. The van der Waals surface area contributed by atoms with E-state index in [1.807, 2.05) is 0 Å². The fourth-order valence-electron chi connectivity index (χ4n) is 2.62. The minimum Gasteiger partial charge on any atom is -0.356 e. The quantitative estimate of drug-likeness (QED) is 0.642. The van der Waals surface area contributed by atoms with E-state index >= 15 is 0 Å². The number of hydrogen-bond donors (Lipinski definition) is 1. The molecule has 1 amide bonds. The van der Waals surface area contributed by atoms with Gasteiger partial charge in [0.25, 0.3) is 0 Å². The van der Waals surface area contributed by atoms with Crippen LogP contribution in [0.4, 0.5) is 0 Å². The van der Waals surface area contributed by atoms with Crippen LogP contribution < -0.4 is 5.32 Å². The summed E-state index contributed by atoms with van der Waals surface area (Å²) in [6, 6.07) is 8.66. The van der Waals surface area contributed by atoms with E-state index in [0.29, 0.717) is 18.3 Å². The fourth-order valence-corrected chi connectivity index (χ4v) is 2.62. The van der Waals surface area contributed by atoms with Crippen molar-refractivity contribution < 1.29 is 4.79 Å². The van der Waals surface area contributed by atoms with Crippen molar-refractivity contribution in [3.63, 3.8) is 0 Å². The first-order chi connectivity index (χ1) is 10.6. The van der Waals surface area contributed by atoms with Crippen LogP contribution in [0.15, 0.2) is 24.3 Å². The molecule has 0 saturated carbocycles. The summed E-state index contributed by atoms with van der Waals surface area (Å²) >= 11 is 0. The van der Waals surface area contributed by atoms with Crippen LogP contribution in [0, 0.1) is 5.92 Å². The van der Waals surface area contributed by atoms with E-state index in [9.17, 15) is 4.79 Å². The van der Waals surface area contributed by atoms with Crippen molar-refractivity contribution in [2.75, 3.05) is 6.54 Å². The van der Waals surface area contributed by atoms with Gasteiger partial charge < -0.3 is 5.32 Å². The molecule has 1 atom stereocenters. The number of nitrogens with one attached hydrogen (secondary N) is 1. The molecule has 0 aliphatic carbocycles. The second-order valence-electron chi connectivity index (χ2n) is 6.62. The third kappa shape index (κ3) is 7.11. The van der Waals surface area contributed by atoms with E-state index in [1.54, 1.807) is 0 Å². The molecule has 1 rings (SSSR count). The van der Waals surface area contributed by atoms with Crippen LogP contribution in [0.1, 0.15) is 76.8 Å². The fraction of sp³-hybridized carbons (Fsp3) is 0.650. The Morgan fingerprint density at radius 2 is 1.82 bits per heavy atom. The van der Waals surface area contributed by atoms with E-state index in [4.69, 9.17) is 0 Å². The van der Waals surface area contributed by atoms with Gasteiger partial charge >= 0.3 is 0 Å². The molecular weight excluding hydrogens is 270 g/mol. The summed E-state index contributed by atoms with van der Waals surface area (Å²) < 4.78 is 0. The molecule has 0 aliphatic heterocycles. The monoisotopic (exact) mass is 303 g/mol. The van der Waals surface area contributed by atoms with Crippen LogP contribution in [0.2, 0.25) is 0 Å². The molecule has 0 aliphatic rings. The zero-order valence-electron chi connectivity index (χ0n) is 14.8. The van der Waals surface area contributed by atoms with Gasteiger partial charge in [-0.3, -0.25) is 4.79 Å². The van der Waals surface area contributed by atoms with Crippen molar-refractivity contribution in [2.45, 2.75) is 72.1 Å². The van der Waals surface area contributed by atoms with Gasteiger partial charge in [0.2, 0.25) is 5.91 Å². The molecule has 124 valence electrons. The maximum absolute atomic E-state index is 12.0. The standard InChI is InChI=1S/C20H33NO/c1-5-7-8-17(6-2)15-21-20(22)14-11-18-9-12-19(13-10-18)16(3)4/h9-10,12-13,16-17H,5-8,11,14-15H2,1-4H3,(H,21,22)/t17-/m0/s1. The van der Waals surface area contributed by atoms with Gasteiger partial charge in [-0.2, -0.15) is 0 Å². The summed E-state index contributed by atoms with van der Waals surface area (Å²) in [4.78, 5) is 12.0. The molecular formula is C20H33NO. The van der Waals surface area contributed by atoms with Crippen molar-refractivity contribution in [1.82, 2.24) is 5.32 Å². The molecule has 0 fully saturated rings. The van der Waals surface area contributed by atoms with Gasteiger partial charge in [-0.1, -0.05) is 71.2 Å². The molecule has 2 nitrogen and oxygen atoms in total. The smallest absolute Gasteiger partial charge is 0.220 e. The number of aryl methyl sites for hydroxylation is 1. The first-order valence-electron chi connectivity index (χ1n) is 8.92. The van der Waals surface area contributed by atoms with Gasteiger partial charge in [-0.15, -0.1) is 0 Å². The molecule has 1 aromatic carbocycles. The first-order valence-corrected chi connectivity index (χ1v) is 8.92. The van der Waals surface area contributed by atoms with E-state index in [-0.39, 0.29) is 5.91 Å². The topological polar surface area (TPSA) is 29.1 Å². The Balaban J connectivity index is 2.30. The maximum Gasteiger partial charge on any atom is 0.220 e. The third-order valence-electron chi connectivity index (χ3n) is 4.42. The first kappa shape index (κ1) is 18.7. The summed E-state index contributed by atoms with van der Waals surface area (Å²) in [6.07, 6.45) is 6.29. The predicted octanol–water partition coefficient (Wildman–Crippen LogP) is 5.08. The molecule has 0 aromatic heterocycles. The minimum atomic E-state index is 0.183. The summed E-state index contributed by atoms with van der Waals surface area (Å²) in [6.45, 7) is 9.66. The number of amides is 1. The number of carbonyl (C=O) groups excluding carboxylic acids is 1. The average Bonchev–Trinajstić information content (AvgIpc) is 2.53. The maximum atomic E-state index is 12.0. The molecule has 0 spiro atoms. The van der Waals surface area contributed by atoms with Gasteiger partial charge in [-0.05, 0) is 35.8 Å². The average molecular weight is 303 g/mol. The van der Waals surface area contributed by atoms with Crippen molar-refractivity contribution in [3.8, 4) is 0 Å². The lowest BCUT2D eigenvalue weighted by atomic mass is 9.99. The number of rotatable bonds is 10. The lowest BCUT2D eigenvalue weighted by Crippen LogP contribution is -2.29. The van der Waals surface area contributed by atoms with Crippen molar-refractivity contribution >= 4 is 5.91 Å². The molecule has 0 radical (unpaired) electrons. The summed E-state index contributed by atoms with van der Waals surface area (Å²) in [5.74, 6) is 1.38. The predicted molar refractivity (Wildman–Crippen MR) is 95.2 cm³/mol. The number of carbonyl (C=O) groups is 1. The Morgan fingerprint density at radius 1 is 1.14 bits per heavy atom. The molecule has 2 heteroatoms. The van der Waals surface area contributed by atoms with Crippen LogP contribution in [-0.2, 0) is 11.2 Å². The minimum absolute atomic E-state index is 0.183. The number of benzene rings is 1. The van der Waals surface area contributed by atoms with Gasteiger partial charge in [0, 0.05) is 13.0 Å². The second kappa shape index (κ2) is 10.4. The van der Waals surface area contributed by atoms with Crippen LogP contribution >= 0.6 is 0 Å². The van der Waals surface area contributed by atoms with Crippen LogP contribution in [0.5, 0.6) is 0 Å². The highest BCUT2D eigenvalue weighted by atomic mass is 16.1.